The predicted molar refractivity (Wildman–Crippen MR) is 90.0 cm³/mol. The Bertz CT molecular complexity index is 732. The van der Waals surface area contributed by atoms with Crippen LogP contribution >= 0.6 is 0 Å². The molecule has 0 aliphatic carbocycles. The second-order valence-electron chi connectivity index (χ2n) is 5.12. The smallest absolute Gasteiger partial charge is 0.211 e. The summed E-state index contributed by atoms with van der Waals surface area (Å²) in [7, 11) is 0. The summed E-state index contributed by atoms with van der Waals surface area (Å²) in [6.07, 6.45) is 5.50. The number of rotatable bonds is 6. The Balaban J connectivity index is 2.51. The van der Waals surface area contributed by atoms with Crippen molar-refractivity contribution in [3.05, 3.63) is 58.7 Å². The number of hydrogen-bond donors (Lipinski definition) is 0. The van der Waals surface area contributed by atoms with E-state index < -0.39 is 0 Å². The molecule has 0 bridgehead atoms. The summed E-state index contributed by atoms with van der Waals surface area (Å²) in [6, 6.07) is 11.5. The van der Waals surface area contributed by atoms with Crippen LogP contribution in [0.3, 0.4) is 0 Å². The lowest BCUT2D eigenvalue weighted by Gasteiger charge is -2.14. The molecule has 0 spiro atoms. The van der Waals surface area contributed by atoms with Gasteiger partial charge < -0.3 is 0 Å². The fourth-order valence-electron chi connectivity index (χ4n) is 2.90. The highest BCUT2D eigenvalue weighted by atomic mass is 16.1. The fraction of sp³-hybridized carbons (Fsp3) is 0.263. The number of nitrogens with zero attached hydrogens (tertiary/aromatic N) is 2. The Morgan fingerprint density at radius 3 is 1.57 bits per heavy atom. The van der Waals surface area contributed by atoms with Gasteiger partial charge in [-0.2, -0.15) is 9.98 Å². The van der Waals surface area contributed by atoms with Gasteiger partial charge in [0.25, 0.3) is 0 Å². The van der Waals surface area contributed by atoms with Gasteiger partial charge in [0.2, 0.25) is 12.2 Å². The minimum Gasteiger partial charge on any atom is -0.211 e. The minimum absolute atomic E-state index is 0.667. The van der Waals surface area contributed by atoms with E-state index in [0.29, 0.717) is 17.8 Å². The quantitative estimate of drug-likeness (QED) is 0.589. The van der Waals surface area contributed by atoms with Crippen molar-refractivity contribution < 1.29 is 9.59 Å². The van der Waals surface area contributed by atoms with E-state index in [0.717, 1.165) is 35.1 Å². The van der Waals surface area contributed by atoms with Crippen LogP contribution in [0.4, 0.5) is 11.4 Å². The molecule has 0 aliphatic rings. The zero-order chi connectivity index (χ0) is 16.7. The number of carbonyl (C=O) groups excluding carboxylic acids is 2. The molecule has 0 heterocycles. The van der Waals surface area contributed by atoms with Crippen molar-refractivity contribution in [1.29, 1.82) is 0 Å². The van der Waals surface area contributed by atoms with Crippen molar-refractivity contribution in [2.24, 2.45) is 9.98 Å². The Kier molecular flexibility index (Phi) is 5.76. The van der Waals surface area contributed by atoms with Crippen LogP contribution in [0.5, 0.6) is 0 Å². The molecule has 4 nitrogen and oxygen atoms in total. The third-order valence-corrected chi connectivity index (χ3v) is 3.92. The Morgan fingerprint density at radius 1 is 0.783 bits per heavy atom. The molecule has 0 saturated heterocycles. The van der Waals surface area contributed by atoms with E-state index in [9.17, 15) is 9.59 Å². The highest BCUT2D eigenvalue weighted by Gasteiger charge is 2.11. The molecular weight excluding hydrogens is 288 g/mol. The van der Waals surface area contributed by atoms with E-state index in [-0.39, 0.29) is 0 Å². The molecule has 2 aromatic carbocycles. The zero-order valence-electron chi connectivity index (χ0n) is 13.3. The lowest BCUT2D eigenvalue weighted by atomic mass is 9.93. The van der Waals surface area contributed by atoms with Crippen molar-refractivity contribution >= 4 is 23.5 Å². The van der Waals surface area contributed by atoms with Gasteiger partial charge >= 0.3 is 0 Å². The maximum absolute atomic E-state index is 10.6. The van der Waals surface area contributed by atoms with Gasteiger partial charge in [-0.1, -0.05) is 38.1 Å². The predicted octanol–water partition coefficient (Wildman–Crippen LogP) is 4.34. The highest BCUT2D eigenvalue weighted by molar-refractivity contribution is 5.59. The minimum atomic E-state index is 0.667. The van der Waals surface area contributed by atoms with E-state index in [1.54, 1.807) is 12.2 Å². The third-order valence-electron chi connectivity index (χ3n) is 3.92. The van der Waals surface area contributed by atoms with Crippen LogP contribution in [-0.4, -0.2) is 12.2 Å². The summed E-state index contributed by atoms with van der Waals surface area (Å²) >= 11 is 0. The Labute approximate surface area is 135 Å². The fourth-order valence-corrected chi connectivity index (χ4v) is 2.90. The molecule has 0 saturated carbocycles. The van der Waals surface area contributed by atoms with Gasteiger partial charge in [0, 0.05) is 0 Å². The molecule has 0 aliphatic heterocycles. The molecule has 2 rings (SSSR count). The van der Waals surface area contributed by atoms with Crippen LogP contribution in [0.15, 0.2) is 46.4 Å². The SMILES string of the molecule is CCc1c(Cc2cccc(N=C=O)c2CC)cccc1N=C=O. The maximum atomic E-state index is 10.6. The molecule has 0 aromatic heterocycles. The summed E-state index contributed by atoms with van der Waals surface area (Å²) in [4.78, 5) is 28.8. The molecular formula is C19H18N2O2. The maximum Gasteiger partial charge on any atom is 0.240 e. The van der Waals surface area contributed by atoms with Crippen LogP contribution < -0.4 is 0 Å². The van der Waals surface area contributed by atoms with Gasteiger partial charge in [-0.05, 0) is 53.6 Å². The lowest BCUT2D eigenvalue weighted by molar-refractivity contribution is 0.564. The van der Waals surface area contributed by atoms with Crippen LogP contribution in [-0.2, 0) is 28.9 Å². The van der Waals surface area contributed by atoms with Gasteiger partial charge in [0.05, 0.1) is 11.4 Å². The molecule has 23 heavy (non-hydrogen) atoms. The molecule has 116 valence electrons. The van der Waals surface area contributed by atoms with E-state index in [2.05, 4.69) is 9.98 Å². The van der Waals surface area contributed by atoms with Gasteiger partial charge in [-0.3, -0.25) is 0 Å². The van der Waals surface area contributed by atoms with Crippen molar-refractivity contribution in [2.75, 3.05) is 0 Å². The average Bonchev–Trinajstić information content (AvgIpc) is 2.56. The summed E-state index contributed by atoms with van der Waals surface area (Å²) in [5, 5.41) is 0. The van der Waals surface area contributed by atoms with Crippen LogP contribution in [0.25, 0.3) is 0 Å². The molecule has 2 aromatic rings. The second kappa shape index (κ2) is 8.00. The normalized spacial score (nSPS) is 9.83. The first-order chi connectivity index (χ1) is 11.2. The third kappa shape index (κ3) is 3.70. The first-order valence-electron chi connectivity index (χ1n) is 7.62. The monoisotopic (exact) mass is 306 g/mol. The number of hydrogen-bond acceptors (Lipinski definition) is 4. The standard InChI is InChI=1S/C19H18N2O2/c1-3-16-14(7-5-9-18(16)20-12-22)11-15-8-6-10-19(21-13-23)17(15)4-2/h5-10H,3-4,11H2,1-2H3. The van der Waals surface area contributed by atoms with Gasteiger partial charge in [0.15, 0.2) is 0 Å². The number of isocyanates is 2. The van der Waals surface area contributed by atoms with Crippen LogP contribution in [0.1, 0.15) is 36.1 Å². The van der Waals surface area contributed by atoms with Crippen LogP contribution in [0.2, 0.25) is 0 Å². The molecule has 0 atom stereocenters. The molecule has 0 radical (unpaired) electrons. The molecule has 0 unspecified atom stereocenters. The summed E-state index contributed by atoms with van der Waals surface area (Å²) in [6.45, 7) is 4.08. The molecule has 0 fully saturated rings. The summed E-state index contributed by atoms with van der Waals surface area (Å²) < 4.78 is 0. The van der Waals surface area contributed by atoms with Crippen molar-refractivity contribution in [2.45, 2.75) is 33.1 Å². The lowest BCUT2D eigenvalue weighted by Crippen LogP contribution is -1.99. The molecule has 0 amide bonds. The zero-order valence-corrected chi connectivity index (χ0v) is 13.3. The van der Waals surface area contributed by atoms with Crippen LogP contribution in [0, 0.1) is 0 Å². The van der Waals surface area contributed by atoms with Gasteiger partial charge in [0.1, 0.15) is 0 Å². The Morgan fingerprint density at radius 2 is 1.22 bits per heavy atom. The first-order valence-corrected chi connectivity index (χ1v) is 7.62. The van der Waals surface area contributed by atoms with Crippen molar-refractivity contribution in [3.63, 3.8) is 0 Å². The number of aliphatic imine (C=N–C) groups is 2. The topological polar surface area (TPSA) is 58.9 Å². The molecule has 4 heteroatoms. The largest absolute Gasteiger partial charge is 0.240 e. The van der Waals surface area contributed by atoms with E-state index in [4.69, 9.17) is 0 Å². The van der Waals surface area contributed by atoms with Gasteiger partial charge in [-0.25, -0.2) is 9.59 Å². The van der Waals surface area contributed by atoms with E-state index in [1.807, 2.05) is 50.2 Å². The highest BCUT2D eigenvalue weighted by Crippen LogP contribution is 2.29. The van der Waals surface area contributed by atoms with E-state index in [1.165, 1.54) is 0 Å². The number of benzene rings is 2. The summed E-state index contributed by atoms with van der Waals surface area (Å²) in [5.74, 6) is 0. The van der Waals surface area contributed by atoms with Crippen molar-refractivity contribution in [1.82, 2.24) is 0 Å². The molecule has 0 N–H and O–H groups in total. The average molecular weight is 306 g/mol. The van der Waals surface area contributed by atoms with Crippen molar-refractivity contribution in [3.8, 4) is 0 Å². The summed E-state index contributed by atoms with van der Waals surface area (Å²) in [5.41, 5.74) is 5.65. The van der Waals surface area contributed by atoms with Gasteiger partial charge in [-0.15, -0.1) is 0 Å². The van der Waals surface area contributed by atoms with E-state index >= 15 is 0 Å². The Hall–Kier alpha value is -2.80. The second-order valence-corrected chi connectivity index (χ2v) is 5.12. The first kappa shape index (κ1) is 16.6.